The SMILES string of the molecule is COc1ccc(NC(=O)[C@@]2(C#N)Cc3ccccc3C2=O)cc1. The van der Waals surface area contributed by atoms with Gasteiger partial charge in [0, 0.05) is 17.7 Å². The smallest absolute Gasteiger partial charge is 0.253 e. The first-order chi connectivity index (χ1) is 11.1. The summed E-state index contributed by atoms with van der Waals surface area (Å²) >= 11 is 0. The van der Waals surface area contributed by atoms with Gasteiger partial charge in [-0.05, 0) is 29.8 Å². The van der Waals surface area contributed by atoms with E-state index in [2.05, 4.69) is 5.32 Å². The first kappa shape index (κ1) is 14.8. The first-order valence-electron chi connectivity index (χ1n) is 7.10. The first-order valence-corrected chi connectivity index (χ1v) is 7.10. The molecule has 0 saturated carbocycles. The van der Waals surface area contributed by atoms with Crippen molar-refractivity contribution in [1.29, 1.82) is 5.26 Å². The monoisotopic (exact) mass is 306 g/mol. The number of rotatable bonds is 3. The zero-order valence-corrected chi connectivity index (χ0v) is 12.5. The third kappa shape index (κ3) is 2.34. The van der Waals surface area contributed by atoms with Gasteiger partial charge in [-0.25, -0.2) is 0 Å². The van der Waals surface area contributed by atoms with Gasteiger partial charge in [-0.1, -0.05) is 24.3 Å². The molecule has 0 fully saturated rings. The van der Waals surface area contributed by atoms with Crippen molar-refractivity contribution >= 4 is 17.4 Å². The summed E-state index contributed by atoms with van der Waals surface area (Å²) in [5, 5.41) is 12.2. The van der Waals surface area contributed by atoms with E-state index in [1.54, 1.807) is 55.6 Å². The largest absolute Gasteiger partial charge is 0.497 e. The summed E-state index contributed by atoms with van der Waals surface area (Å²) in [5.41, 5.74) is -0.0269. The molecular weight excluding hydrogens is 292 g/mol. The Labute approximate surface area is 133 Å². The molecule has 1 atom stereocenters. The van der Waals surface area contributed by atoms with E-state index in [9.17, 15) is 14.9 Å². The second-order valence-corrected chi connectivity index (χ2v) is 5.36. The van der Waals surface area contributed by atoms with E-state index in [1.807, 2.05) is 6.07 Å². The Bertz CT molecular complexity index is 821. The number of hydrogen-bond donors (Lipinski definition) is 1. The Morgan fingerprint density at radius 1 is 1.22 bits per heavy atom. The van der Waals surface area contributed by atoms with Gasteiger partial charge in [0.25, 0.3) is 5.91 Å². The number of benzene rings is 2. The predicted molar refractivity (Wildman–Crippen MR) is 84.1 cm³/mol. The van der Waals surface area contributed by atoms with Crippen molar-refractivity contribution in [3.8, 4) is 11.8 Å². The van der Waals surface area contributed by atoms with E-state index < -0.39 is 17.1 Å². The fourth-order valence-electron chi connectivity index (χ4n) is 2.73. The van der Waals surface area contributed by atoms with E-state index in [1.165, 1.54) is 0 Å². The number of anilines is 1. The van der Waals surface area contributed by atoms with Crippen molar-refractivity contribution in [2.24, 2.45) is 5.41 Å². The molecular formula is C18H14N2O3. The van der Waals surface area contributed by atoms with Crippen LogP contribution in [-0.4, -0.2) is 18.8 Å². The third-order valence-electron chi connectivity index (χ3n) is 4.03. The second-order valence-electron chi connectivity index (χ2n) is 5.36. The standard InChI is InChI=1S/C18H14N2O3/c1-23-14-8-6-13(7-9-14)20-17(22)18(11-19)10-12-4-2-3-5-15(12)16(18)21/h2-9H,10H2,1H3,(H,20,22)/t18-/m1/s1. The van der Waals surface area contributed by atoms with Gasteiger partial charge in [0.05, 0.1) is 13.2 Å². The molecule has 3 rings (SSSR count). The van der Waals surface area contributed by atoms with Crippen LogP contribution >= 0.6 is 0 Å². The van der Waals surface area contributed by atoms with Crippen LogP contribution in [0.25, 0.3) is 0 Å². The maximum absolute atomic E-state index is 12.6. The predicted octanol–water partition coefficient (Wildman–Crippen LogP) is 2.58. The lowest BCUT2D eigenvalue weighted by atomic mass is 9.84. The number of fused-ring (bicyclic) bond motifs is 1. The number of amides is 1. The Kier molecular flexibility index (Phi) is 3.59. The molecule has 0 bridgehead atoms. The summed E-state index contributed by atoms with van der Waals surface area (Å²) in [6.07, 6.45) is 0.0977. The van der Waals surface area contributed by atoms with Crippen molar-refractivity contribution in [1.82, 2.24) is 0 Å². The number of Topliss-reactive ketones (excluding diaryl/α,β-unsaturated/α-hetero) is 1. The lowest BCUT2D eigenvalue weighted by Crippen LogP contribution is -2.40. The average molecular weight is 306 g/mol. The number of ether oxygens (including phenoxy) is 1. The number of nitrogens with one attached hydrogen (secondary N) is 1. The van der Waals surface area contributed by atoms with E-state index in [0.717, 1.165) is 5.56 Å². The zero-order valence-electron chi connectivity index (χ0n) is 12.5. The van der Waals surface area contributed by atoms with Crippen molar-refractivity contribution in [2.45, 2.75) is 6.42 Å². The topological polar surface area (TPSA) is 79.2 Å². The fourth-order valence-corrected chi connectivity index (χ4v) is 2.73. The van der Waals surface area contributed by atoms with Crippen molar-refractivity contribution in [2.75, 3.05) is 12.4 Å². The number of carbonyl (C=O) groups is 2. The van der Waals surface area contributed by atoms with Gasteiger partial charge >= 0.3 is 0 Å². The molecule has 0 aromatic heterocycles. The number of methoxy groups -OCH3 is 1. The Balaban J connectivity index is 1.88. The number of carbonyl (C=O) groups excluding carboxylic acids is 2. The zero-order chi connectivity index (χ0) is 16.4. The highest BCUT2D eigenvalue weighted by atomic mass is 16.5. The van der Waals surface area contributed by atoms with Gasteiger partial charge in [-0.2, -0.15) is 5.26 Å². The highest BCUT2D eigenvalue weighted by Gasteiger charge is 2.52. The Morgan fingerprint density at radius 2 is 1.91 bits per heavy atom. The van der Waals surface area contributed by atoms with E-state index in [0.29, 0.717) is 17.0 Å². The maximum atomic E-state index is 12.6. The molecule has 23 heavy (non-hydrogen) atoms. The number of nitrogens with zero attached hydrogens (tertiary/aromatic N) is 1. The summed E-state index contributed by atoms with van der Waals surface area (Å²) in [6.45, 7) is 0. The molecule has 1 amide bonds. The third-order valence-corrected chi connectivity index (χ3v) is 4.03. The average Bonchev–Trinajstić information content (AvgIpc) is 2.89. The quantitative estimate of drug-likeness (QED) is 0.884. The molecule has 1 N–H and O–H groups in total. The van der Waals surface area contributed by atoms with Crippen molar-refractivity contribution in [3.63, 3.8) is 0 Å². The van der Waals surface area contributed by atoms with Gasteiger partial charge in [0.2, 0.25) is 5.41 Å². The Morgan fingerprint density at radius 3 is 2.52 bits per heavy atom. The molecule has 1 aliphatic rings. The molecule has 5 nitrogen and oxygen atoms in total. The molecule has 0 unspecified atom stereocenters. The van der Waals surface area contributed by atoms with Crippen LogP contribution in [0, 0.1) is 16.7 Å². The van der Waals surface area contributed by atoms with E-state index >= 15 is 0 Å². The van der Waals surface area contributed by atoms with Crippen LogP contribution in [-0.2, 0) is 11.2 Å². The van der Waals surface area contributed by atoms with Gasteiger partial charge in [-0.15, -0.1) is 0 Å². The summed E-state index contributed by atoms with van der Waals surface area (Å²) in [7, 11) is 1.55. The summed E-state index contributed by atoms with van der Waals surface area (Å²) in [6, 6.07) is 15.6. The number of hydrogen-bond acceptors (Lipinski definition) is 4. The highest BCUT2D eigenvalue weighted by Crippen LogP contribution is 2.37. The van der Waals surface area contributed by atoms with Crippen LogP contribution in [0.3, 0.4) is 0 Å². The molecule has 0 spiro atoms. The highest BCUT2D eigenvalue weighted by molar-refractivity contribution is 6.22. The van der Waals surface area contributed by atoms with Crippen LogP contribution in [0.2, 0.25) is 0 Å². The molecule has 5 heteroatoms. The lowest BCUT2D eigenvalue weighted by molar-refractivity contribution is -0.120. The minimum atomic E-state index is -1.70. The van der Waals surface area contributed by atoms with Gasteiger partial charge in [-0.3, -0.25) is 9.59 Å². The van der Waals surface area contributed by atoms with Gasteiger partial charge in [0.15, 0.2) is 5.78 Å². The molecule has 0 radical (unpaired) electrons. The molecule has 114 valence electrons. The van der Waals surface area contributed by atoms with Gasteiger partial charge in [0.1, 0.15) is 5.75 Å². The van der Waals surface area contributed by atoms with Crippen molar-refractivity contribution < 1.29 is 14.3 Å². The van der Waals surface area contributed by atoms with Crippen LogP contribution in [0.15, 0.2) is 48.5 Å². The molecule has 1 aliphatic carbocycles. The summed E-state index contributed by atoms with van der Waals surface area (Å²) < 4.78 is 5.06. The molecule has 2 aromatic carbocycles. The maximum Gasteiger partial charge on any atom is 0.253 e. The summed E-state index contributed by atoms with van der Waals surface area (Å²) in [4.78, 5) is 25.2. The van der Waals surface area contributed by atoms with E-state index in [4.69, 9.17) is 4.74 Å². The fraction of sp³-hybridized carbons (Fsp3) is 0.167. The van der Waals surface area contributed by atoms with Crippen LogP contribution < -0.4 is 10.1 Å². The lowest BCUT2D eigenvalue weighted by Gasteiger charge is -2.18. The minimum absolute atomic E-state index is 0.0977. The normalized spacial score (nSPS) is 18.9. The summed E-state index contributed by atoms with van der Waals surface area (Å²) in [5.74, 6) is -0.393. The molecule has 0 heterocycles. The van der Waals surface area contributed by atoms with Crippen molar-refractivity contribution in [3.05, 3.63) is 59.7 Å². The van der Waals surface area contributed by atoms with Gasteiger partial charge < -0.3 is 10.1 Å². The molecule has 0 saturated heterocycles. The van der Waals surface area contributed by atoms with Crippen LogP contribution in [0.1, 0.15) is 15.9 Å². The Hall–Kier alpha value is -3.13. The van der Waals surface area contributed by atoms with Crippen LogP contribution in [0.4, 0.5) is 5.69 Å². The molecule has 2 aromatic rings. The molecule has 0 aliphatic heterocycles. The van der Waals surface area contributed by atoms with Crippen LogP contribution in [0.5, 0.6) is 5.75 Å². The van der Waals surface area contributed by atoms with E-state index in [-0.39, 0.29) is 6.42 Å². The minimum Gasteiger partial charge on any atom is -0.497 e. The second kappa shape index (κ2) is 5.58. The number of ketones is 1. The number of nitriles is 1.